The second kappa shape index (κ2) is 4.71. The van der Waals surface area contributed by atoms with Gasteiger partial charge in [-0.05, 0) is 21.5 Å². The van der Waals surface area contributed by atoms with Crippen molar-refractivity contribution in [3.63, 3.8) is 0 Å². The lowest BCUT2D eigenvalue weighted by molar-refractivity contribution is -0.136. The summed E-state index contributed by atoms with van der Waals surface area (Å²) in [6.45, 7) is 0. The third-order valence-corrected chi connectivity index (χ3v) is 2.69. The normalized spacial score (nSPS) is 9.33. The van der Waals surface area contributed by atoms with Gasteiger partial charge in [0, 0.05) is 10.0 Å². The number of hydrogen-bond donors (Lipinski definition) is 1. The highest BCUT2D eigenvalue weighted by atomic mass is 79.9. The maximum atomic E-state index is 10.6. The molecule has 0 saturated heterocycles. The molecule has 4 nitrogen and oxygen atoms in total. The first-order chi connectivity index (χ1) is 7.10. The number of benzene rings is 1. The number of aliphatic carboxylic acids is 1. The van der Waals surface area contributed by atoms with Crippen molar-refractivity contribution >= 4 is 28.2 Å². The summed E-state index contributed by atoms with van der Waals surface area (Å²) in [5, 5.41) is 17.5. The third kappa shape index (κ3) is 2.42. The Morgan fingerprint density at radius 1 is 1.60 bits per heavy atom. The number of carboxylic acid groups (broad SMARTS) is 1. The number of rotatable bonds is 3. The van der Waals surface area contributed by atoms with E-state index in [0.29, 0.717) is 21.9 Å². The van der Waals surface area contributed by atoms with E-state index >= 15 is 0 Å². The Kier molecular flexibility index (Phi) is 3.58. The van der Waals surface area contributed by atoms with E-state index in [0.717, 1.165) is 0 Å². The highest BCUT2D eigenvalue weighted by molar-refractivity contribution is 9.10. The fraction of sp³-hybridized carbons (Fsp3) is 0.100. The monoisotopic (exact) mass is 267 g/mol. The smallest absolute Gasteiger partial charge is 0.307 e. The van der Waals surface area contributed by atoms with Crippen molar-refractivity contribution in [1.29, 1.82) is 5.26 Å². The standard InChI is InChI=1S/C10H6BrNO3/c11-10-7(5-13)2-1-6(3-9(14)15)8(10)4-12/h1-2,5H,3H2,(H,14,15). The van der Waals surface area contributed by atoms with Gasteiger partial charge in [-0.2, -0.15) is 5.26 Å². The fourth-order valence-corrected chi connectivity index (χ4v) is 1.72. The van der Waals surface area contributed by atoms with Crippen LogP contribution in [0.1, 0.15) is 21.5 Å². The van der Waals surface area contributed by atoms with E-state index in [1.807, 2.05) is 6.07 Å². The van der Waals surface area contributed by atoms with Crippen molar-refractivity contribution in [1.82, 2.24) is 0 Å². The van der Waals surface area contributed by atoms with Crippen LogP contribution < -0.4 is 0 Å². The van der Waals surface area contributed by atoms with Crippen LogP contribution in [0.25, 0.3) is 0 Å². The topological polar surface area (TPSA) is 78.2 Å². The molecule has 0 aliphatic heterocycles. The zero-order valence-electron chi connectivity index (χ0n) is 7.53. The number of nitrogens with zero attached hydrogens (tertiary/aromatic N) is 1. The van der Waals surface area contributed by atoms with Crippen LogP contribution >= 0.6 is 15.9 Å². The van der Waals surface area contributed by atoms with Crippen LogP contribution in [-0.4, -0.2) is 17.4 Å². The minimum Gasteiger partial charge on any atom is -0.481 e. The molecule has 0 saturated carbocycles. The highest BCUT2D eigenvalue weighted by Crippen LogP contribution is 2.24. The second-order valence-corrected chi connectivity index (χ2v) is 3.60. The van der Waals surface area contributed by atoms with E-state index in [1.54, 1.807) is 0 Å². The highest BCUT2D eigenvalue weighted by Gasteiger charge is 2.12. The van der Waals surface area contributed by atoms with Gasteiger partial charge in [0.05, 0.1) is 12.0 Å². The van der Waals surface area contributed by atoms with Gasteiger partial charge in [0.1, 0.15) is 6.07 Å². The van der Waals surface area contributed by atoms with Crippen molar-refractivity contribution in [3.8, 4) is 6.07 Å². The molecule has 0 atom stereocenters. The summed E-state index contributed by atoms with van der Waals surface area (Å²) in [5.41, 5.74) is 0.921. The lowest BCUT2D eigenvalue weighted by atomic mass is 10.0. The van der Waals surface area contributed by atoms with E-state index in [1.165, 1.54) is 12.1 Å². The van der Waals surface area contributed by atoms with Crippen LogP contribution in [0.2, 0.25) is 0 Å². The molecule has 0 spiro atoms. The Morgan fingerprint density at radius 3 is 2.73 bits per heavy atom. The lowest BCUT2D eigenvalue weighted by Crippen LogP contribution is -2.03. The van der Waals surface area contributed by atoms with Crippen LogP contribution in [0.5, 0.6) is 0 Å². The zero-order chi connectivity index (χ0) is 11.4. The van der Waals surface area contributed by atoms with Gasteiger partial charge >= 0.3 is 5.97 Å². The number of carbonyl (C=O) groups is 2. The maximum Gasteiger partial charge on any atom is 0.307 e. The molecule has 0 aliphatic carbocycles. The van der Waals surface area contributed by atoms with Crippen LogP contribution in [0, 0.1) is 11.3 Å². The molecule has 15 heavy (non-hydrogen) atoms. The summed E-state index contributed by atoms with van der Waals surface area (Å²) in [5.74, 6) is -1.02. The van der Waals surface area contributed by atoms with Gasteiger partial charge in [0.2, 0.25) is 0 Å². The molecule has 1 aromatic rings. The molecule has 0 unspecified atom stereocenters. The number of halogens is 1. The van der Waals surface area contributed by atoms with Crippen LogP contribution in [0.15, 0.2) is 16.6 Å². The molecular weight excluding hydrogens is 262 g/mol. The van der Waals surface area contributed by atoms with Gasteiger partial charge in [0.25, 0.3) is 0 Å². The molecule has 0 bridgehead atoms. The number of hydrogen-bond acceptors (Lipinski definition) is 3. The Hall–Kier alpha value is -1.67. The molecule has 1 aromatic carbocycles. The van der Waals surface area contributed by atoms with Crippen LogP contribution in [0.3, 0.4) is 0 Å². The number of carbonyl (C=O) groups excluding carboxylic acids is 1. The Labute approximate surface area is 94.3 Å². The Morgan fingerprint density at radius 2 is 2.27 bits per heavy atom. The lowest BCUT2D eigenvalue weighted by Gasteiger charge is -2.04. The van der Waals surface area contributed by atoms with E-state index in [4.69, 9.17) is 10.4 Å². The van der Waals surface area contributed by atoms with E-state index in [-0.39, 0.29) is 12.0 Å². The molecule has 0 heterocycles. The number of carboxylic acids is 1. The number of nitriles is 1. The first-order valence-corrected chi connectivity index (χ1v) is 4.78. The van der Waals surface area contributed by atoms with Crippen molar-refractivity contribution in [3.05, 3.63) is 33.3 Å². The molecule has 0 aliphatic rings. The summed E-state index contributed by atoms with van der Waals surface area (Å²) in [4.78, 5) is 21.1. The summed E-state index contributed by atoms with van der Waals surface area (Å²) >= 11 is 3.10. The van der Waals surface area contributed by atoms with Gasteiger partial charge < -0.3 is 5.11 Å². The van der Waals surface area contributed by atoms with Crippen molar-refractivity contribution in [2.75, 3.05) is 0 Å². The minimum atomic E-state index is -1.02. The van der Waals surface area contributed by atoms with Gasteiger partial charge in [0.15, 0.2) is 6.29 Å². The van der Waals surface area contributed by atoms with Gasteiger partial charge in [-0.3, -0.25) is 9.59 Å². The predicted molar refractivity (Wildman–Crippen MR) is 55.6 cm³/mol. The minimum absolute atomic E-state index is 0.196. The second-order valence-electron chi connectivity index (χ2n) is 2.80. The first kappa shape index (κ1) is 11.4. The van der Waals surface area contributed by atoms with Crippen molar-refractivity contribution < 1.29 is 14.7 Å². The quantitative estimate of drug-likeness (QED) is 0.847. The molecular formula is C10H6BrNO3. The van der Waals surface area contributed by atoms with Crippen LogP contribution in [-0.2, 0) is 11.2 Å². The molecule has 1 N–H and O–H groups in total. The third-order valence-electron chi connectivity index (χ3n) is 1.84. The number of aldehydes is 1. The summed E-state index contributed by atoms with van der Waals surface area (Å²) in [6, 6.07) is 4.83. The molecule has 0 fully saturated rings. The average Bonchev–Trinajstić information content (AvgIpc) is 2.18. The fourth-order valence-electron chi connectivity index (χ4n) is 1.15. The molecule has 76 valence electrons. The van der Waals surface area contributed by atoms with Gasteiger partial charge in [-0.15, -0.1) is 0 Å². The molecule has 5 heteroatoms. The van der Waals surface area contributed by atoms with Crippen molar-refractivity contribution in [2.45, 2.75) is 6.42 Å². The van der Waals surface area contributed by atoms with E-state index in [2.05, 4.69) is 15.9 Å². The molecule has 0 radical (unpaired) electrons. The maximum absolute atomic E-state index is 10.6. The molecule has 0 amide bonds. The van der Waals surface area contributed by atoms with Gasteiger partial charge in [-0.25, -0.2) is 0 Å². The van der Waals surface area contributed by atoms with Crippen molar-refractivity contribution in [2.24, 2.45) is 0 Å². The predicted octanol–water partition coefficient (Wildman–Crippen LogP) is 1.76. The molecule has 1 rings (SSSR count). The van der Waals surface area contributed by atoms with E-state index in [9.17, 15) is 9.59 Å². The average molecular weight is 268 g/mol. The molecule has 0 aromatic heterocycles. The summed E-state index contributed by atoms with van der Waals surface area (Å²) < 4.78 is 0.346. The SMILES string of the molecule is N#Cc1c(CC(=O)O)ccc(C=O)c1Br. The summed E-state index contributed by atoms with van der Waals surface area (Å²) in [7, 11) is 0. The van der Waals surface area contributed by atoms with E-state index < -0.39 is 5.97 Å². The Balaban J connectivity index is 3.32. The summed E-state index contributed by atoms with van der Waals surface area (Å²) in [6.07, 6.45) is 0.371. The first-order valence-electron chi connectivity index (χ1n) is 3.98. The van der Waals surface area contributed by atoms with Crippen LogP contribution in [0.4, 0.5) is 0 Å². The zero-order valence-corrected chi connectivity index (χ0v) is 9.11. The van der Waals surface area contributed by atoms with Gasteiger partial charge in [-0.1, -0.05) is 12.1 Å². The largest absolute Gasteiger partial charge is 0.481 e. The Bertz CT molecular complexity index is 462.